The lowest BCUT2D eigenvalue weighted by Gasteiger charge is -2.41. The minimum atomic E-state index is -1.14. The summed E-state index contributed by atoms with van der Waals surface area (Å²) in [4.78, 5) is 56.4. The maximum Gasteiger partial charge on any atom is 0.299 e. The molecule has 9 heteroatoms. The molecule has 1 saturated carbocycles. The Bertz CT molecular complexity index is 1430. The molecule has 206 valence electrons. The van der Waals surface area contributed by atoms with E-state index in [0.29, 0.717) is 35.7 Å². The minimum Gasteiger partial charge on any atom is -0.497 e. The maximum atomic E-state index is 14.1. The summed E-state index contributed by atoms with van der Waals surface area (Å²) in [6, 6.07) is 20.9. The molecule has 3 aromatic carbocycles. The second-order valence-electron chi connectivity index (χ2n) is 9.99. The molecule has 1 aliphatic carbocycles. The van der Waals surface area contributed by atoms with Crippen molar-refractivity contribution >= 4 is 34.9 Å². The van der Waals surface area contributed by atoms with Crippen molar-refractivity contribution < 1.29 is 28.7 Å². The Labute approximate surface area is 232 Å². The van der Waals surface area contributed by atoms with Gasteiger partial charge >= 0.3 is 0 Å². The number of Topliss-reactive ketones (excluding diaryl/α,β-unsaturated/α-hetero) is 1. The number of rotatable bonds is 9. The minimum absolute atomic E-state index is 0.149. The molecule has 0 saturated heterocycles. The number of carbonyl (C=O) groups is 4. The van der Waals surface area contributed by atoms with Crippen molar-refractivity contribution in [3.05, 3.63) is 83.9 Å². The van der Waals surface area contributed by atoms with Gasteiger partial charge in [0.15, 0.2) is 0 Å². The van der Waals surface area contributed by atoms with Gasteiger partial charge < -0.3 is 19.7 Å². The summed E-state index contributed by atoms with van der Waals surface area (Å²) >= 11 is 0. The van der Waals surface area contributed by atoms with Crippen molar-refractivity contribution in [1.29, 1.82) is 0 Å². The summed E-state index contributed by atoms with van der Waals surface area (Å²) in [5.74, 6) is -0.760. The highest BCUT2D eigenvalue weighted by atomic mass is 16.5. The number of ether oxygens (including phenoxy) is 2. The van der Waals surface area contributed by atoms with Gasteiger partial charge in [-0.05, 0) is 66.9 Å². The first kappa shape index (κ1) is 26.9. The predicted molar refractivity (Wildman–Crippen MR) is 149 cm³/mol. The number of nitrogens with one attached hydrogen (secondary N) is 1. The van der Waals surface area contributed by atoms with Gasteiger partial charge in [0.05, 0.1) is 25.5 Å². The molecule has 3 aromatic rings. The van der Waals surface area contributed by atoms with Gasteiger partial charge in [0.1, 0.15) is 23.6 Å². The first-order valence-corrected chi connectivity index (χ1v) is 13.2. The van der Waals surface area contributed by atoms with Gasteiger partial charge in [-0.2, -0.15) is 0 Å². The first-order valence-electron chi connectivity index (χ1n) is 13.2. The summed E-state index contributed by atoms with van der Waals surface area (Å²) < 4.78 is 10.5. The SMILES string of the molecule is COc1ccc(CN(C(=O)CN2C(=O)C(=O)c3ccccc32)C2(C(=O)Nc3ccc(OC)cc3)CCCC2)cc1. The molecule has 2 aliphatic rings. The summed E-state index contributed by atoms with van der Waals surface area (Å²) in [6.45, 7) is -0.203. The van der Waals surface area contributed by atoms with Crippen LogP contribution in [0.3, 0.4) is 0 Å². The lowest BCUT2D eigenvalue weighted by atomic mass is 9.92. The van der Waals surface area contributed by atoms with Crippen LogP contribution in [0.2, 0.25) is 0 Å². The normalized spacial score (nSPS) is 15.5. The van der Waals surface area contributed by atoms with Crippen LogP contribution in [-0.4, -0.2) is 54.7 Å². The van der Waals surface area contributed by atoms with E-state index in [1.54, 1.807) is 79.8 Å². The average Bonchev–Trinajstić information content (AvgIpc) is 3.57. The Morgan fingerprint density at radius 2 is 1.48 bits per heavy atom. The largest absolute Gasteiger partial charge is 0.497 e. The molecule has 40 heavy (non-hydrogen) atoms. The standard InChI is InChI=1S/C31H31N3O6/c1-39-23-13-9-21(10-14-23)19-34(27(35)20-33-26-8-4-3-7-25(26)28(36)29(33)37)31(17-5-6-18-31)30(38)32-22-11-15-24(40-2)16-12-22/h3-4,7-16H,5-6,17-20H2,1-2H3,(H,32,38). The topological polar surface area (TPSA) is 105 Å². The molecular formula is C31H31N3O6. The highest BCUT2D eigenvalue weighted by Crippen LogP contribution is 2.39. The van der Waals surface area contributed by atoms with Crippen molar-refractivity contribution in [1.82, 2.24) is 4.90 Å². The van der Waals surface area contributed by atoms with E-state index in [1.807, 2.05) is 12.1 Å². The fourth-order valence-electron chi connectivity index (χ4n) is 5.52. The van der Waals surface area contributed by atoms with Gasteiger partial charge in [0.25, 0.3) is 11.7 Å². The number of nitrogens with zero attached hydrogens (tertiary/aromatic N) is 2. The molecular weight excluding hydrogens is 510 g/mol. The summed E-state index contributed by atoms with van der Waals surface area (Å²) in [6.07, 6.45) is 2.49. The number of anilines is 2. The Hall–Kier alpha value is -4.66. The molecule has 1 heterocycles. The molecule has 0 bridgehead atoms. The Balaban J connectivity index is 1.48. The van der Waals surface area contributed by atoms with Gasteiger partial charge in [0, 0.05) is 12.2 Å². The van der Waals surface area contributed by atoms with Crippen LogP contribution in [0.15, 0.2) is 72.8 Å². The molecule has 1 N–H and O–H groups in total. The highest BCUT2D eigenvalue weighted by molar-refractivity contribution is 6.52. The number of fused-ring (bicyclic) bond motifs is 1. The van der Waals surface area contributed by atoms with Crippen LogP contribution in [0.5, 0.6) is 11.5 Å². The monoisotopic (exact) mass is 541 g/mol. The molecule has 0 spiro atoms. The number of hydrogen-bond donors (Lipinski definition) is 1. The van der Waals surface area contributed by atoms with Crippen molar-refractivity contribution in [2.24, 2.45) is 0 Å². The second-order valence-corrected chi connectivity index (χ2v) is 9.99. The molecule has 0 unspecified atom stereocenters. The van der Waals surface area contributed by atoms with E-state index in [1.165, 1.54) is 4.90 Å². The van der Waals surface area contributed by atoms with E-state index in [9.17, 15) is 19.2 Å². The maximum absolute atomic E-state index is 14.1. The van der Waals surface area contributed by atoms with Crippen LogP contribution < -0.4 is 19.7 Å². The molecule has 0 radical (unpaired) electrons. The molecule has 0 aromatic heterocycles. The molecule has 1 aliphatic heterocycles. The molecule has 1 fully saturated rings. The molecule has 9 nitrogen and oxygen atoms in total. The number of carbonyl (C=O) groups excluding carboxylic acids is 4. The fourth-order valence-corrected chi connectivity index (χ4v) is 5.52. The lowest BCUT2D eigenvalue weighted by Crippen LogP contribution is -2.59. The van der Waals surface area contributed by atoms with Crippen molar-refractivity contribution in [3.8, 4) is 11.5 Å². The Morgan fingerprint density at radius 3 is 2.10 bits per heavy atom. The van der Waals surface area contributed by atoms with Crippen LogP contribution in [0.4, 0.5) is 11.4 Å². The summed E-state index contributed by atoms with van der Waals surface area (Å²) in [7, 11) is 3.15. The van der Waals surface area contributed by atoms with E-state index in [-0.39, 0.29) is 24.6 Å². The van der Waals surface area contributed by atoms with E-state index < -0.39 is 23.1 Å². The third kappa shape index (κ3) is 5.02. The van der Waals surface area contributed by atoms with Crippen LogP contribution >= 0.6 is 0 Å². The molecule has 0 atom stereocenters. The summed E-state index contributed by atoms with van der Waals surface area (Å²) in [5.41, 5.74) is 0.932. The number of amides is 3. The second kappa shape index (κ2) is 11.2. The third-order valence-electron chi connectivity index (χ3n) is 7.69. The zero-order valence-corrected chi connectivity index (χ0v) is 22.5. The van der Waals surface area contributed by atoms with Crippen molar-refractivity contribution in [3.63, 3.8) is 0 Å². The van der Waals surface area contributed by atoms with E-state index in [2.05, 4.69) is 5.32 Å². The van der Waals surface area contributed by atoms with Crippen LogP contribution in [0.25, 0.3) is 0 Å². The van der Waals surface area contributed by atoms with Gasteiger partial charge in [-0.25, -0.2) is 0 Å². The average molecular weight is 542 g/mol. The van der Waals surface area contributed by atoms with Crippen molar-refractivity contribution in [2.45, 2.75) is 37.8 Å². The number of para-hydroxylation sites is 1. The number of ketones is 1. The zero-order chi connectivity index (χ0) is 28.3. The van der Waals surface area contributed by atoms with Crippen LogP contribution in [0.1, 0.15) is 41.6 Å². The summed E-state index contributed by atoms with van der Waals surface area (Å²) in [5, 5.41) is 3.00. The smallest absolute Gasteiger partial charge is 0.299 e. The highest BCUT2D eigenvalue weighted by Gasteiger charge is 2.49. The number of benzene rings is 3. The van der Waals surface area contributed by atoms with Gasteiger partial charge in [-0.15, -0.1) is 0 Å². The third-order valence-corrected chi connectivity index (χ3v) is 7.69. The Morgan fingerprint density at radius 1 is 0.875 bits per heavy atom. The zero-order valence-electron chi connectivity index (χ0n) is 22.5. The Kier molecular flexibility index (Phi) is 7.55. The number of methoxy groups -OCH3 is 2. The van der Waals surface area contributed by atoms with E-state index in [4.69, 9.17) is 9.47 Å². The first-order chi connectivity index (χ1) is 19.4. The van der Waals surface area contributed by atoms with Gasteiger partial charge in [0.2, 0.25) is 11.8 Å². The van der Waals surface area contributed by atoms with Crippen LogP contribution in [-0.2, 0) is 20.9 Å². The molecule has 5 rings (SSSR count). The van der Waals surface area contributed by atoms with Gasteiger partial charge in [-0.3, -0.25) is 24.1 Å². The van der Waals surface area contributed by atoms with Crippen LogP contribution in [0, 0.1) is 0 Å². The van der Waals surface area contributed by atoms with Crippen molar-refractivity contribution in [2.75, 3.05) is 31.0 Å². The number of hydrogen-bond acceptors (Lipinski definition) is 6. The fraction of sp³-hybridized carbons (Fsp3) is 0.290. The molecule has 3 amide bonds. The van der Waals surface area contributed by atoms with E-state index >= 15 is 0 Å². The lowest BCUT2D eigenvalue weighted by molar-refractivity contribution is -0.145. The predicted octanol–water partition coefficient (Wildman–Crippen LogP) is 4.21. The van der Waals surface area contributed by atoms with E-state index in [0.717, 1.165) is 18.4 Å². The van der Waals surface area contributed by atoms with Gasteiger partial charge in [-0.1, -0.05) is 37.1 Å². The quantitative estimate of drug-likeness (QED) is 0.407.